The lowest BCUT2D eigenvalue weighted by atomic mass is 10.2. The molecule has 0 saturated heterocycles. The molecule has 0 amide bonds. The van der Waals surface area contributed by atoms with Gasteiger partial charge in [0.2, 0.25) is 11.6 Å². The van der Waals surface area contributed by atoms with E-state index in [0.29, 0.717) is 0 Å². The van der Waals surface area contributed by atoms with E-state index in [1.165, 1.54) is 12.1 Å². The van der Waals surface area contributed by atoms with Gasteiger partial charge in [0.25, 0.3) is 0 Å². The number of hydrogen-bond acceptors (Lipinski definition) is 2. The van der Waals surface area contributed by atoms with Crippen LogP contribution in [0.25, 0.3) is 0 Å². The smallest absolute Gasteiger partial charge is 0.204 e. The Kier molecular flexibility index (Phi) is 4.95. The van der Waals surface area contributed by atoms with E-state index in [1.54, 1.807) is 6.92 Å². The van der Waals surface area contributed by atoms with Crippen LogP contribution in [0, 0.1) is 11.6 Å². The van der Waals surface area contributed by atoms with Gasteiger partial charge < -0.3 is 9.47 Å². The van der Waals surface area contributed by atoms with Crippen LogP contribution in [0.4, 0.5) is 8.78 Å². The summed E-state index contributed by atoms with van der Waals surface area (Å²) in [5.74, 6) is -2.30. The third-order valence-electron chi connectivity index (χ3n) is 2.62. The second-order valence-corrected chi connectivity index (χ2v) is 4.95. The minimum Gasteiger partial charge on any atom is -0.491 e. The summed E-state index contributed by atoms with van der Waals surface area (Å²) in [5.41, 5.74) is 0.863. The molecule has 0 saturated carbocycles. The minimum atomic E-state index is -1.03. The number of benzene rings is 2. The zero-order valence-electron chi connectivity index (χ0n) is 10.8. The van der Waals surface area contributed by atoms with Crippen molar-refractivity contribution in [1.82, 2.24) is 0 Å². The van der Waals surface area contributed by atoms with E-state index in [-0.39, 0.29) is 24.7 Å². The molecule has 0 aliphatic carbocycles. The summed E-state index contributed by atoms with van der Waals surface area (Å²) < 4.78 is 38.6. The monoisotopic (exact) mass is 342 g/mol. The van der Waals surface area contributed by atoms with E-state index in [0.717, 1.165) is 10.0 Å². The van der Waals surface area contributed by atoms with Crippen LogP contribution in [0.1, 0.15) is 12.5 Å². The summed E-state index contributed by atoms with van der Waals surface area (Å²) in [7, 11) is 0. The van der Waals surface area contributed by atoms with Crippen LogP contribution >= 0.6 is 15.9 Å². The first-order valence-electron chi connectivity index (χ1n) is 6.10. The molecule has 0 aromatic heterocycles. The number of hydrogen-bond donors (Lipinski definition) is 0. The fourth-order valence-corrected chi connectivity index (χ4v) is 1.90. The van der Waals surface area contributed by atoms with E-state index < -0.39 is 11.6 Å². The number of halogens is 3. The normalized spacial score (nSPS) is 10.4. The molecule has 0 heterocycles. The van der Waals surface area contributed by atoms with Gasteiger partial charge in [-0.2, -0.15) is 8.78 Å². The number of ether oxygens (including phenoxy) is 2. The quantitative estimate of drug-likeness (QED) is 0.783. The Balaban J connectivity index is 2.10. The topological polar surface area (TPSA) is 18.5 Å². The highest BCUT2D eigenvalue weighted by atomic mass is 79.9. The minimum absolute atomic E-state index is 0.110. The molecule has 0 unspecified atom stereocenters. The molecule has 0 fully saturated rings. The summed E-state index contributed by atoms with van der Waals surface area (Å²) in [6.45, 7) is 2.14. The molecule has 20 heavy (non-hydrogen) atoms. The maximum Gasteiger partial charge on any atom is 0.204 e. The van der Waals surface area contributed by atoms with Crippen LogP contribution in [0.3, 0.4) is 0 Å². The second kappa shape index (κ2) is 6.70. The molecule has 0 bridgehead atoms. The van der Waals surface area contributed by atoms with Crippen molar-refractivity contribution in [3.05, 3.63) is 58.1 Å². The van der Waals surface area contributed by atoms with Crippen molar-refractivity contribution >= 4 is 15.9 Å². The largest absolute Gasteiger partial charge is 0.491 e. The Bertz CT molecular complexity index is 585. The van der Waals surface area contributed by atoms with Crippen molar-refractivity contribution in [3.8, 4) is 11.5 Å². The van der Waals surface area contributed by atoms with Crippen LogP contribution in [-0.4, -0.2) is 6.61 Å². The Morgan fingerprint density at radius 1 is 0.900 bits per heavy atom. The van der Waals surface area contributed by atoms with Gasteiger partial charge in [-0.05, 0) is 36.8 Å². The van der Waals surface area contributed by atoms with Crippen molar-refractivity contribution < 1.29 is 18.3 Å². The van der Waals surface area contributed by atoms with Crippen molar-refractivity contribution in [2.45, 2.75) is 13.5 Å². The van der Waals surface area contributed by atoms with Gasteiger partial charge in [0, 0.05) is 4.47 Å². The average Bonchev–Trinajstić information content (AvgIpc) is 2.45. The Labute approximate surface area is 124 Å². The zero-order valence-corrected chi connectivity index (χ0v) is 12.4. The predicted molar refractivity (Wildman–Crippen MR) is 76.0 cm³/mol. The molecule has 2 aromatic carbocycles. The fourth-order valence-electron chi connectivity index (χ4n) is 1.63. The van der Waals surface area contributed by atoms with Gasteiger partial charge >= 0.3 is 0 Å². The van der Waals surface area contributed by atoms with Crippen LogP contribution in [-0.2, 0) is 6.61 Å². The van der Waals surface area contributed by atoms with Gasteiger partial charge in [-0.15, -0.1) is 0 Å². The standard InChI is InChI=1S/C15H13BrF2O2/c1-2-19-12-7-8-13(15(18)14(12)17)20-9-10-3-5-11(16)6-4-10/h3-8H,2,9H2,1H3. The third kappa shape index (κ3) is 3.48. The predicted octanol–water partition coefficient (Wildman–Crippen LogP) is 4.71. The van der Waals surface area contributed by atoms with Crippen molar-refractivity contribution in [2.75, 3.05) is 6.61 Å². The van der Waals surface area contributed by atoms with E-state index in [9.17, 15) is 8.78 Å². The molecule has 2 rings (SSSR count). The summed E-state index contributed by atoms with van der Waals surface area (Å²) in [5, 5.41) is 0. The van der Waals surface area contributed by atoms with Crippen LogP contribution in [0.15, 0.2) is 40.9 Å². The molecule has 0 atom stereocenters. The highest BCUT2D eigenvalue weighted by Crippen LogP contribution is 2.28. The van der Waals surface area contributed by atoms with Crippen molar-refractivity contribution in [3.63, 3.8) is 0 Å². The molecule has 5 heteroatoms. The highest BCUT2D eigenvalue weighted by molar-refractivity contribution is 9.10. The second-order valence-electron chi connectivity index (χ2n) is 4.04. The molecule has 0 aliphatic heterocycles. The third-order valence-corrected chi connectivity index (χ3v) is 3.15. The first-order valence-corrected chi connectivity index (χ1v) is 6.89. The molecular formula is C15H13BrF2O2. The molecule has 0 aliphatic rings. The van der Waals surface area contributed by atoms with E-state index in [2.05, 4.69) is 15.9 Å². The summed E-state index contributed by atoms with van der Waals surface area (Å²) >= 11 is 3.32. The van der Waals surface area contributed by atoms with E-state index >= 15 is 0 Å². The van der Waals surface area contributed by atoms with Crippen LogP contribution < -0.4 is 9.47 Å². The van der Waals surface area contributed by atoms with Gasteiger partial charge in [-0.25, -0.2) is 0 Å². The Hall–Kier alpha value is -1.62. The molecule has 0 radical (unpaired) electrons. The molecule has 106 valence electrons. The summed E-state index contributed by atoms with van der Waals surface area (Å²) in [6.07, 6.45) is 0. The molecule has 0 spiro atoms. The first kappa shape index (κ1) is 14.8. The summed E-state index contributed by atoms with van der Waals surface area (Å²) in [4.78, 5) is 0. The van der Waals surface area contributed by atoms with Gasteiger partial charge in [-0.3, -0.25) is 0 Å². The molecule has 0 N–H and O–H groups in total. The molecule has 2 aromatic rings. The average molecular weight is 343 g/mol. The lowest BCUT2D eigenvalue weighted by Gasteiger charge is -2.10. The maximum atomic E-state index is 13.8. The van der Waals surface area contributed by atoms with E-state index in [1.807, 2.05) is 24.3 Å². The number of rotatable bonds is 5. The van der Waals surface area contributed by atoms with Crippen LogP contribution in [0.5, 0.6) is 11.5 Å². The van der Waals surface area contributed by atoms with Gasteiger partial charge in [0.1, 0.15) is 6.61 Å². The van der Waals surface area contributed by atoms with Gasteiger partial charge in [0.05, 0.1) is 6.61 Å². The van der Waals surface area contributed by atoms with Gasteiger partial charge in [0.15, 0.2) is 11.5 Å². The van der Waals surface area contributed by atoms with Crippen LogP contribution in [0.2, 0.25) is 0 Å². The van der Waals surface area contributed by atoms with Crippen molar-refractivity contribution in [2.24, 2.45) is 0 Å². The maximum absolute atomic E-state index is 13.8. The van der Waals surface area contributed by atoms with Gasteiger partial charge in [-0.1, -0.05) is 28.1 Å². The highest BCUT2D eigenvalue weighted by Gasteiger charge is 2.15. The van der Waals surface area contributed by atoms with E-state index in [4.69, 9.17) is 9.47 Å². The lowest BCUT2D eigenvalue weighted by molar-refractivity contribution is 0.274. The lowest BCUT2D eigenvalue weighted by Crippen LogP contribution is -2.01. The van der Waals surface area contributed by atoms with Crippen molar-refractivity contribution in [1.29, 1.82) is 0 Å². The SMILES string of the molecule is CCOc1ccc(OCc2ccc(Br)cc2)c(F)c1F. The first-order chi connectivity index (χ1) is 9.61. The Morgan fingerprint density at radius 3 is 2.00 bits per heavy atom. The Morgan fingerprint density at radius 2 is 1.45 bits per heavy atom. The molecule has 2 nitrogen and oxygen atoms in total. The molecular weight excluding hydrogens is 330 g/mol. The fraction of sp³-hybridized carbons (Fsp3) is 0.200. The zero-order chi connectivity index (χ0) is 14.5. The summed E-state index contributed by atoms with van der Waals surface area (Å²) in [6, 6.07) is 10.1.